The van der Waals surface area contributed by atoms with Gasteiger partial charge in [-0.15, -0.1) is 0 Å². The number of rotatable bonds is 3. The Bertz CT molecular complexity index is 459. The van der Waals surface area contributed by atoms with Crippen molar-refractivity contribution in [2.45, 2.75) is 26.8 Å². The fourth-order valence-corrected chi connectivity index (χ4v) is 1.80. The molecule has 80 valence electrons. The van der Waals surface area contributed by atoms with Gasteiger partial charge < -0.3 is 4.57 Å². The molecular weight excluding hydrogens is 189 g/mol. The molecule has 1 atom stereocenters. The summed E-state index contributed by atoms with van der Waals surface area (Å²) in [7, 11) is 0. The van der Waals surface area contributed by atoms with Crippen LogP contribution >= 0.6 is 0 Å². The normalized spacial score (nSPS) is 13.3. The summed E-state index contributed by atoms with van der Waals surface area (Å²) in [6.07, 6.45) is 3.21. The molecule has 0 fully saturated rings. The lowest BCUT2D eigenvalue weighted by molar-refractivity contribution is 0.477. The van der Waals surface area contributed by atoms with E-state index in [0.717, 1.165) is 17.4 Å². The molecule has 1 aromatic heterocycles. The summed E-state index contributed by atoms with van der Waals surface area (Å²) in [5, 5.41) is 0.985. The Labute approximate surface area is 89.5 Å². The number of hydrogen-bond donors (Lipinski definition) is 0. The van der Waals surface area contributed by atoms with E-state index in [1.54, 1.807) is 6.07 Å². The van der Waals surface area contributed by atoms with Crippen molar-refractivity contribution in [1.29, 1.82) is 0 Å². The smallest absolute Gasteiger partial charge is 0.123 e. The molecule has 0 amide bonds. The van der Waals surface area contributed by atoms with E-state index >= 15 is 0 Å². The first-order valence-corrected chi connectivity index (χ1v) is 5.45. The summed E-state index contributed by atoms with van der Waals surface area (Å²) in [4.78, 5) is 0. The predicted molar refractivity (Wildman–Crippen MR) is 61.4 cm³/mol. The first kappa shape index (κ1) is 10.2. The molecule has 2 rings (SSSR count). The number of fused-ring (bicyclic) bond motifs is 1. The van der Waals surface area contributed by atoms with Crippen LogP contribution < -0.4 is 0 Å². The van der Waals surface area contributed by atoms with Crippen molar-refractivity contribution in [2.24, 2.45) is 5.92 Å². The highest BCUT2D eigenvalue weighted by Crippen LogP contribution is 2.18. The van der Waals surface area contributed by atoms with Gasteiger partial charge in [-0.2, -0.15) is 0 Å². The molecule has 1 unspecified atom stereocenters. The van der Waals surface area contributed by atoms with Crippen LogP contribution in [-0.2, 0) is 6.54 Å². The molecule has 0 saturated carbocycles. The van der Waals surface area contributed by atoms with Gasteiger partial charge in [-0.25, -0.2) is 4.39 Å². The molecule has 2 heteroatoms. The molecule has 0 N–H and O–H groups in total. The third-order valence-electron chi connectivity index (χ3n) is 2.94. The van der Waals surface area contributed by atoms with E-state index in [9.17, 15) is 4.39 Å². The quantitative estimate of drug-likeness (QED) is 0.717. The van der Waals surface area contributed by atoms with Crippen molar-refractivity contribution in [3.8, 4) is 0 Å². The molecule has 0 bridgehead atoms. The zero-order valence-corrected chi connectivity index (χ0v) is 9.20. The van der Waals surface area contributed by atoms with Crippen LogP contribution in [0.1, 0.15) is 20.3 Å². The molecule has 1 heterocycles. The number of hydrogen-bond acceptors (Lipinski definition) is 0. The van der Waals surface area contributed by atoms with Gasteiger partial charge in [0.2, 0.25) is 0 Å². The van der Waals surface area contributed by atoms with E-state index in [1.165, 1.54) is 12.5 Å². The molecular formula is C13H16FN. The highest BCUT2D eigenvalue weighted by atomic mass is 19.1. The first-order chi connectivity index (χ1) is 7.20. The fourth-order valence-electron chi connectivity index (χ4n) is 1.80. The van der Waals surface area contributed by atoms with Crippen molar-refractivity contribution in [3.05, 3.63) is 36.3 Å². The third-order valence-corrected chi connectivity index (χ3v) is 2.94. The zero-order chi connectivity index (χ0) is 10.8. The number of halogens is 1. The van der Waals surface area contributed by atoms with Gasteiger partial charge in [0.25, 0.3) is 0 Å². The van der Waals surface area contributed by atoms with Crippen molar-refractivity contribution >= 4 is 10.9 Å². The molecule has 0 saturated heterocycles. The summed E-state index contributed by atoms with van der Waals surface area (Å²) >= 11 is 0. The maximum atomic E-state index is 13.0. The lowest BCUT2D eigenvalue weighted by Crippen LogP contribution is -2.05. The average molecular weight is 205 g/mol. The largest absolute Gasteiger partial charge is 0.347 e. The average Bonchev–Trinajstić information content (AvgIpc) is 2.60. The van der Waals surface area contributed by atoms with Crippen LogP contribution in [0.3, 0.4) is 0 Å². The topological polar surface area (TPSA) is 4.93 Å². The van der Waals surface area contributed by atoms with Gasteiger partial charge in [0.1, 0.15) is 5.82 Å². The highest BCUT2D eigenvalue weighted by Gasteiger charge is 2.04. The van der Waals surface area contributed by atoms with E-state index < -0.39 is 0 Å². The molecule has 0 aliphatic rings. The minimum atomic E-state index is -0.163. The second-order valence-corrected chi connectivity index (χ2v) is 4.18. The third kappa shape index (κ3) is 2.04. The Hall–Kier alpha value is -1.31. The second-order valence-electron chi connectivity index (χ2n) is 4.18. The van der Waals surface area contributed by atoms with Gasteiger partial charge in [0, 0.05) is 23.6 Å². The van der Waals surface area contributed by atoms with Crippen molar-refractivity contribution in [3.63, 3.8) is 0 Å². The predicted octanol–water partition coefficient (Wildman–Crippen LogP) is 3.83. The summed E-state index contributed by atoms with van der Waals surface area (Å²) in [5.74, 6) is 0.495. The number of aromatic nitrogens is 1. The standard InChI is InChI=1S/C13H16FN/c1-3-10(2)9-15-7-6-11-8-12(14)4-5-13(11)15/h4-8,10H,3,9H2,1-2H3. The fraction of sp³-hybridized carbons (Fsp3) is 0.385. The summed E-state index contributed by atoms with van der Waals surface area (Å²) < 4.78 is 15.2. The molecule has 1 nitrogen and oxygen atoms in total. The first-order valence-electron chi connectivity index (χ1n) is 5.45. The molecule has 15 heavy (non-hydrogen) atoms. The molecule has 2 aromatic rings. The van der Waals surface area contributed by atoms with Gasteiger partial charge in [0.05, 0.1) is 0 Å². The van der Waals surface area contributed by atoms with Crippen LogP contribution in [0.5, 0.6) is 0 Å². The summed E-state index contributed by atoms with van der Waals surface area (Å²) in [5.41, 5.74) is 1.12. The Morgan fingerprint density at radius 1 is 1.33 bits per heavy atom. The summed E-state index contributed by atoms with van der Waals surface area (Å²) in [6.45, 7) is 5.43. The zero-order valence-electron chi connectivity index (χ0n) is 9.20. The molecule has 0 spiro atoms. The van der Waals surface area contributed by atoms with E-state index in [1.807, 2.05) is 18.3 Å². The van der Waals surface area contributed by atoms with Crippen LogP contribution in [0.15, 0.2) is 30.5 Å². The number of benzene rings is 1. The van der Waals surface area contributed by atoms with Crippen molar-refractivity contribution < 1.29 is 4.39 Å². The van der Waals surface area contributed by atoms with Gasteiger partial charge in [-0.3, -0.25) is 0 Å². The van der Waals surface area contributed by atoms with E-state index in [4.69, 9.17) is 0 Å². The Morgan fingerprint density at radius 3 is 2.87 bits per heavy atom. The van der Waals surface area contributed by atoms with Crippen LogP contribution in [0.4, 0.5) is 4.39 Å². The maximum absolute atomic E-state index is 13.0. The molecule has 1 aromatic carbocycles. The van der Waals surface area contributed by atoms with Gasteiger partial charge >= 0.3 is 0 Å². The Morgan fingerprint density at radius 2 is 2.13 bits per heavy atom. The Kier molecular flexibility index (Phi) is 2.76. The van der Waals surface area contributed by atoms with Gasteiger partial charge in [0.15, 0.2) is 0 Å². The van der Waals surface area contributed by atoms with Crippen LogP contribution in [0, 0.1) is 11.7 Å². The minimum absolute atomic E-state index is 0.163. The lowest BCUT2D eigenvalue weighted by Gasteiger charge is -2.10. The molecule has 0 aliphatic carbocycles. The number of nitrogens with zero attached hydrogens (tertiary/aromatic N) is 1. The van der Waals surface area contributed by atoms with Crippen LogP contribution in [0.2, 0.25) is 0 Å². The van der Waals surface area contributed by atoms with Crippen LogP contribution in [-0.4, -0.2) is 4.57 Å². The molecule has 0 aliphatic heterocycles. The van der Waals surface area contributed by atoms with E-state index in [0.29, 0.717) is 5.92 Å². The van der Waals surface area contributed by atoms with Crippen LogP contribution in [0.25, 0.3) is 10.9 Å². The van der Waals surface area contributed by atoms with Gasteiger partial charge in [-0.1, -0.05) is 20.3 Å². The molecule has 0 radical (unpaired) electrons. The van der Waals surface area contributed by atoms with Gasteiger partial charge in [-0.05, 0) is 30.2 Å². The maximum Gasteiger partial charge on any atom is 0.123 e. The van der Waals surface area contributed by atoms with Crippen molar-refractivity contribution in [2.75, 3.05) is 0 Å². The lowest BCUT2D eigenvalue weighted by atomic mass is 10.1. The van der Waals surface area contributed by atoms with E-state index in [-0.39, 0.29) is 5.82 Å². The van der Waals surface area contributed by atoms with Crippen molar-refractivity contribution in [1.82, 2.24) is 4.57 Å². The monoisotopic (exact) mass is 205 g/mol. The highest BCUT2D eigenvalue weighted by molar-refractivity contribution is 5.80. The SMILES string of the molecule is CCC(C)Cn1ccc2cc(F)ccc21. The minimum Gasteiger partial charge on any atom is -0.347 e. The second kappa shape index (κ2) is 4.05. The van der Waals surface area contributed by atoms with E-state index in [2.05, 4.69) is 18.4 Å². The Balaban J connectivity index is 2.36. The summed E-state index contributed by atoms with van der Waals surface area (Å²) in [6, 6.07) is 6.94.